The average molecular weight is 250 g/mol. The first kappa shape index (κ1) is 11.1. The van der Waals surface area contributed by atoms with Gasteiger partial charge in [-0.1, -0.05) is 17.7 Å². The molecule has 2 aliphatic heterocycles. The van der Waals surface area contributed by atoms with Crippen LogP contribution in [0.3, 0.4) is 0 Å². The maximum absolute atomic E-state index is 11.6. The fraction of sp³-hybridized carbons (Fsp3) is 0.500. The summed E-state index contributed by atoms with van der Waals surface area (Å²) in [6.45, 7) is 2.06. The number of carbonyl (C=O) groups excluding carboxylic acids is 1. The van der Waals surface area contributed by atoms with Crippen LogP contribution in [0.4, 0.5) is 5.69 Å². The lowest BCUT2D eigenvalue weighted by atomic mass is 9.99. The number of carbonyl (C=O) groups is 1. The van der Waals surface area contributed by atoms with Crippen LogP contribution in [0.2, 0.25) is 5.02 Å². The normalized spacial score (nSPS) is 27.6. The van der Waals surface area contributed by atoms with Crippen molar-refractivity contribution < 1.29 is 4.79 Å². The molecule has 2 unspecified atom stereocenters. The molecular weight excluding hydrogens is 234 g/mol. The Hall–Kier alpha value is -1.02. The van der Waals surface area contributed by atoms with Crippen molar-refractivity contribution in [3.63, 3.8) is 0 Å². The molecule has 2 aliphatic rings. The molecule has 2 saturated heterocycles. The minimum Gasteiger partial charge on any atom is -0.364 e. The Morgan fingerprint density at radius 1 is 1.24 bits per heavy atom. The van der Waals surface area contributed by atoms with Gasteiger partial charge in [-0.25, -0.2) is 0 Å². The molecule has 90 valence electrons. The number of hydrogen-bond donors (Lipinski definition) is 0. The molecule has 1 aromatic carbocycles. The van der Waals surface area contributed by atoms with Crippen LogP contribution < -0.4 is 4.90 Å². The number of halogens is 1. The summed E-state index contributed by atoms with van der Waals surface area (Å²) in [4.78, 5) is 14.0. The maximum Gasteiger partial charge on any atom is 0.137 e. The molecule has 0 N–H and O–H groups in total. The Balaban J connectivity index is 2.00. The second-order valence-corrected chi connectivity index (χ2v) is 5.53. The predicted octanol–water partition coefficient (Wildman–Crippen LogP) is 3.35. The second kappa shape index (κ2) is 4.02. The molecule has 3 heteroatoms. The lowest BCUT2D eigenvalue weighted by molar-refractivity contribution is -0.120. The summed E-state index contributed by atoms with van der Waals surface area (Å²) in [6, 6.07) is 6.86. The summed E-state index contributed by atoms with van der Waals surface area (Å²) in [5.74, 6) is 0.424. The van der Waals surface area contributed by atoms with Gasteiger partial charge in [0, 0.05) is 35.6 Å². The van der Waals surface area contributed by atoms with Gasteiger partial charge in [-0.15, -0.1) is 0 Å². The molecule has 0 radical (unpaired) electrons. The van der Waals surface area contributed by atoms with Crippen LogP contribution in [0, 0.1) is 6.92 Å². The van der Waals surface area contributed by atoms with E-state index in [1.54, 1.807) is 0 Å². The highest BCUT2D eigenvalue weighted by atomic mass is 35.5. The van der Waals surface area contributed by atoms with Crippen LogP contribution >= 0.6 is 11.6 Å². The summed E-state index contributed by atoms with van der Waals surface area (Å²) >= 11 is 6.18. The van der Waals surface area contributed by atoms with Crippen molar-refractivity contribution in [3.05, 3.63) is 28.8 Å². The smallest absolute Gasteiger partial charge is 0.137 e. The molecular formula is C14H16ClNO. The van der Waals surface area contributed by atoms with Gasteiger partial charge in [0.15, 0.2) is 0 Å². The third kappa shape index (κ3) is 1.75. The Bertz CT molecular complexity index is 455. The topological polar surface area (TPSA) is 20.3 Å². The largest absolute Gasteiger partial charge is 0.364 e. The van der Waals surface area contributed by atoms with Gasteiger partial charge in [0.1, 0.15) is 5.78 Å². The molecule has 0 amide bonds. The van der Waals surface area contributed by atoms with E-state index in [1.165, 1.54) is 5.69 Å². The van der Waals surface area contributed by atoms with Crippen LogP contribution in [0.5, 0.6) is 0 Å². The molecule has 1 aromatic rings. The predicted molar refractivity (Wildman–Crippen MR) is 69.7 cm³/mol. The zero-order valence-corrected chi connectivity index (χ0v) is 10.7. The van der Waals surface area contributed by atoms with Crippen LogP contribution in [-0.2, 0) is 4.79 Å². The van der Waals surface area contributed by atoms with E-state index in [0.717, 1.165) is 23.4 Å². The fourth-order valence-electron chi connectivity index (χ4n) is 3.24. The van der Waals surface area contributed by atoms with Crippen LogP contribution in [0.25, 0.3) is 0 Å². The minimum absolute atomic E-state index is 0.401. The average Bonchev–Trinajstić information content (AvgIpc) is 2.55. The molecule has 17 heavy (non-hydrogen) atoms. The van der Waals surface area contributed by atoms with Gasteiger partial charge in [0.05, 0.1) is 0 Å². The van der Waals surface area contributed by atoms with E-state index in [-0.39, 0.29) is 0 Å². The van der Waals surface area contributed by atoms with Gasteiger partial charge in [-0.05, 0) is 37.5 Å². The molecule has 2 atom stereocenters. The number of anilines is 1. The summed E-state index contributed by atoms with van der Waals surface area (Å²) < 4.78 is 0. The van der Waals surface area contributed by atoms with Crippen LogP contribution in [-0.4, -0.2) is 17.9 Å². The van der Waals surface area contributed by atoms with Gasteiger partial charge >= 0.3 is 0 Å². The zero-order chi connectivity index (χ0) is 12.0. The van der Waals surface area contributed by atoms with Gasteiger partial charge < -0.3 is 4.90 Å². The van der Waals surface area contributed by atoms with Crippen molar-refractivity contribution >= 4 is 23.1 Å². The fourth-order valence-corrected chi connectivity index (χ4v) is 3.41. The molecule has 2 fully saturated rings. The molecule has 2 bridgehead atoms. The summed E-state index contributed by atoms with van der Waals surface area (Å²) in [5, 5.41) is 0.818. The standard InChI is InChI=1S/C14H16ClNO/c1-9-13(15)3-2-4-14(9)16-10-5-6-11(16)8-12(17)7-10/h2-4,10-11H,5-8H2,1H3. The van der Waals surface area contributed by atoms with Gasteiger partial charge in [-0.3, -0.25) is 4.79 Å². The Labute approximate surface area is 107 Å². The highest BCUT2D eigenvalue weighted by Crippen LogP contribution is 2.40. The summed E-state index contributed by atoms with van der Waals surface area (Å²) in [7, 11) is 0. The SMILES string of the molecule is Cc1c(Cl)cccc1N1C2CCC1CC(=O)C2. The van der Waals surface area contributed by atoms with Crippen molar-refractivity contribution in [2.45, 2.75) is 44.7 Å². The summed E-state index contributed by atoms with van der Waals surface area (Å²) in [6.07, 6.45) is 3.70. The quantitative estimate of drug-likeness (QED) is 0.761. The van der Waals surface area contributed by atoms with Crippen molar-refractivity contribution in [2.75, 3.05) is 4.90 Å². The highest BCUT2D eigenvalue weighted by Gasteiger charge is 2.40. The molecule has 2 heterocycles. The monoisotopic (exact) mass is 249 g/mol. The Kier molecular flexibility index (Phi) is 2.62. The first-order valence-electron chi connectivity index (χ1n) is 6.22. The number of hydrogen-bond acceptors (Lipinski definition) is 2. The first-order valence-corrected chi connectivity index (χ1v) is 6.60. The molecule has 0 aliphatic carbocycles. The van der Waals surface area contributed by atoms with E-state index >= 15 is 0 Å². The van der Waals surface area contributed by atoms with Crippen LogP contribution in [0.15, 0.2) is 18.2 Å². The second-order valence-electron chi connectivity index (χ2n) is 5.12. The van der Waals surface area contributed by atoms with Crippen molar-refractivity contribution in [1.29, 1.82) is 0 Å². The molecule has 2 nitrogen and oxygen atoms in total. The molecule has 3 rings (SSSR count). The number of ketones is 1. The molecule has 0 aromatic heterocycles. The van der Waals surface area contributed by atoms with E-state index < -0.39 is 0 Å². The van der Waals surface area contributed by atoms with Crippen molar-refractivity contribution in [1.82, 2.24) is 0 Å². The number of Topliss-reactive ketones (excluding diaryl/α,β-unsaturated/α-hetero) is 1. The Morgan fingerprint density at radius 2 is 1.88 bits per heavy atom. The molecule has 0 spiro atoms. The number of piperidine rings is 1. The Morgan fingerprint density at radius 3 is 2.53 bits per heavy atom. The third-order valence-electron chi connectivity index (χ3n) is 4.06. The number of rotatable bonds is 1. The number of fused-ring (bicyclic) bond motifs is 2. The first-order chi connectivity index (χ1) is 8.16. The van der Waals surface area contributed by atoms with E-state index in [1.807, 2.05) is 12.1 Å². The van der Waals surface area contributed by atoms with Gasteiger partial charge in [0.2, 0.25) is 0 Å². The van der Waals surface area contributed by atoms with Crippen LogP contribution in [0.1, 0.15) is 31.2 Å². The van der Waals surface area contributed by atoms with Gasteiger partial charge in [0.25, 0.3) is 0 Å². The lowest BCUT2D eigenvalue weighted by Gasteiger charge is -2.37. The minimum atomic E-state index is 0.401. The maximum atomic E-state index is 11.6. The van der Waals surface area contributed by atoms with E-state index in [2.05, 4.69) is 17.9 Å². The van der Waals surface area contributed by atoms with Crippen molar-refractivity contribution in [2.24, 2.45) is 0 Å². The number of nitrogens with zero attached hydrogens (tertiary/aromatic N) is 1. The van der Waals surface area contributed by atoms with E-state index in [9.17, 15) is 4.79 Å². The zero-order valence-electron chi connectivity index (χ0n) is 9.95. The highest BCUT2D eigenvalue weighted by molar-refractivity contribution is 6.31. The van der Waals surface area contributed by atoms with E-state index in [4.69, 9.17) is 11.6 Å². The number of benzene rings is 1. The third-order valence-corrected chi connectivity index (χ3v) is 4.47. The van der Waals surface area contributed by atoms with Crippen molar-refractivity contribution in [3.8, 4) is 0 Å². The summed E-state index contributed by atoms with van der Waals surface area (Å²) in [5.41, 5.74) is 2.36. The lowest BCUT2D eigenvalue weighted by Crippen LogP contribution is -2.43. The molecule has 0 saturated carbocycles. The van der Waals surface area contributed by atoms with Gasteiger partial charge in [-0.2, -0.15) is 0 Å². The van der Waals surface area contributed by atoms with E-state index in [0.29, 0.717) is 30.7 Å².